The molecule has 0 N–H and O–H groups in total. The predicted molar refractivity (Wildman–Crippen MR) is 112 cm³/mol. The number of allylic oxidation sites excluding steroid dienone is 1. The van der Waals surface area contributed by atoms with Crippen LogP contribution in [0, 0.1) is 0 Å². The summed E-state index contributed by atoms with van der Waals surface area (Å²) in [5.74, 6) is 2.36. The molecule has 0 saturated heterocycles. The van der Waals surface area contributed by atoms with Gasteiger partial charge in [-0.15, -0.1) is 0 Å². The number of unbranched alkanes of at least 4 members (excludes halogenated alkanes) is 1. The van der Waals surface area contributed by atoms with Gasteiger partial charge in [-0.05, 0) is 73.7 Å². The maximum Gasteiger partial charge on any atom is 0.189 e. The molecular weight excluding hydrogens is 352 g/mol. The molecule has 0 spiro atoms. The quantitative estimate of drug-likeness (QED) is 0.449. The van der Waals surface area contributed by atoms with Crippen molar-refractivity contribution in [1.82, 2.24) is 0 Å². The van der Waals surface area contributed by atoms with Crippen molar-refractivity contribution in [2.24, 2.45) is 0 Å². The Labute approximate surface area is 167 Å². The van der Waals surface area contributed by atoms with Crippen LogP contribution in [-0.4, -0.2) is 26.1 Å². The highest BCUT2D eigenvalue weighted by molar-refractivity contribution is 6.13. The Balaban J connectivity index is 1.84. The first-order valence-corrected chi connectivity index (χ1v) is 9.98. The first-order chi connectivity index (χ1) is 13.7. The maximum atomic E-state index is 12.9. The second-order valence-electron chi connectivity index (χ2n) is 6.86. The van der Waals surface area contributed by atoms with Crippen LogP contribution in [0.3, 0.4) is 0 Å². The summed E-state index contributed by atoms with van der Waals surface area (Å²) in [4.78, 5) is 12.9. The van der Waals surface area contributed by atoms with Crippen LogP contribution in [0.15, 0.2) is 42.0 Å². The van der Waals surface area contributed by atoms with Crippen LogP contribution in [0.5, 0.6) is 17.2 Å². The summed E-state index contributed by atoms with van der Waals surface area (Å²) in [6.45, 7) is 5.34. The summed E-state index contributed by atoms with van der Waals surface area (Å²) in [7, 11) is 1.64. The molecule has 4 nitrogen and oxygen atoms in total. The molecule has 0 unspecified atom stereocenters. The molecule has 0 radical (unpaired) electrons. The lowest BCUT2D eigenvalue weighted by molar-refractivity contribution is 0.102. The molecule has 2 aromatic rings. The molecule has 0 amide bonds. The van der Waals surface area contributed by atoms with Crippen molar-refractivity contribution in [2.45, 2.75) is 39.5 Å². The van der Waals surface area contributed by atoms with E-state index >= 15 is 0 Å². The molecule has 0 bridgehead atoms. The third-order valence-corrected chi connectivity index (χ3v) is 4.88. The fourth-order valence-corrected chi connectivity index (χ4v) is 3.35. The van der Waals surface area contributed by atoms with E-state index in [4.69, 9.17) is 14.2 Å². The molecule has 28 heavy (non-hydrogen) atoms. The topological polar surface area (TPSA) is 44.8 Å². The van der Waals surface area contributed by atoms with E-state index in [1.165, 1.54) is 0 Å². The van der Waals surface area contributed by atoms with Gasteiger partial charge in [-0.3, -0.25) is 4.79 Å². The Morgan fingerprint density at radius 3 is 2.61 bits per heavy atom. The van der Waals surface area contributed by atoms with Crippen molar-refractivity contribution in [2.75, 3.05) is 20.3 Å². The van der Waals surface area contributed by atoms with Crippen molar-refractivity contribution in [3.8, 4) is 17.2 Å². The summed E-state index contributed by atoms with van der Waals surface area (Å²) in [5, 5.41) is 0. The van der Waals surface area contributed by atoms with Gasteiger partial charge in [-0.1, -0.05) is 19.4 Å². The van der Waals surface area contributed by atoms with Gasteiger partial charge in [0.25, 0.3) is 0 Å². The summed E-state index contributed by atoms with van der Waals surface area (Å²) in [6.07, 6.45) is 5.62. The van der Waals surface area contributed by atoms with Crippen LogP contribution in [0.1, 0.15) is 54.6 Å². The van der Waals surface area contributed by atoms with Gasteiger partial charge in [-0.25, -0.2) is 0 Å². The number of aryl methyl sites for hydroxylation is 1. The third-order valence-electron chi connectivity index (χ3n) is 4.88. The molecular formula is C24H28O4. The number of carbonyl (C=O) groups excluding carboxylic acids is 1. The SMILES string of the molecule is CCCCOc1ccc(C=C2CCc3cc(OC)ccc3C2=O)cc1OCC. The smallest absolute Gasteiger partial charge is 0.189 e. The highest BCUT2D eigenvalue weighted by Gasteiger charge is 2.22. The van der Waals surface area contributed by atoms with E-state index in [2.05, 4.69) is 6.92 Å². The first-order valence-electron chi connectivity index (χ1n) is 9.98. The lowest BCUT2D eigenvalue weighted by atomic mass is 9.86. The van der Waals surface area contributed by atoms with E-state index in [0.717, 1.165) is 65.2 Å². The maximum absolute atomic E-state index is 12.9. The Morgan fingerprint density at radius 1 is 1.00 bits per heavy atom. The van der Waals surface area contributed by atoms with Crippen LogP contribution in [0.4, 0.5) is 0 Å². The Morgan fingerprint density at radius 2 is 1.86 bits per heavy atom. The summed E-state index contributed by atoms with van der Waals surface area (Å²) >= 11 is 0. The predicted octanol–water partition coefficient (Wildman–Crippen LogP) is 5.49. The van der Waals surface area contributed by atoms with Gasteiger partial charge in [-0.2, -0.15) is 0 Å². The van der Waals surface area contributed by atoms with E-state index in [0.29, 0.717) is 13.2 Å². The van der Waals surface area contributed by atoms with Gasteiger partial charge in [0.05, 0.1) is 20.3 Å². The second-order valence-corrected chi connectivity index (χ2v) is 6.86. The molecule has 3 rings (SSSR count). The van der Waals surface area contributed by atoms with Gasteiger partial charge in [0.2, 0.25) is 0 Å². The van der Waals surface area contributed by atoms with Gasteiger partial charge < -0.3 is 14.2 Å². The zero-order valence-electron chi connectivity index (χ0n) is 16.9. The number of Topliss-reactive ketones (excluding diaryl/α,β-unsaturated/α-hetero) is 1. The molecule has 0 fully saturated rings. The van der Waals surface area contributed by atoms with E-state index in [-0.39, 0.29) is 5.78 Å². The average molecular weight is 380 g/mol. The highest BCUT2D eigenvalue weighted by Crippen LogP contribution is 2.32. The molecule has 0 atom stereocenters. The number of hydrogen-bond acceptors (Lipinski definition) is 4. The molecule has 0 saturated carbocycles. The number of benzene rings is 2. The Bertz CT molecular complexity index is 867. The van der Waals surface area contributed by atoms with Crippen LogP contribution in [0.2, 0.25) is 0 Å². The van der Waals surface area contributed by atoms with E-state index in [1.54, 1.807) is 7.11 Å². The van der Waals surface area contributed by atoms with Crippen molar-refractivity contribution >= 4 is 11.9 Å². The van der Waals surface area contributed by atoms with Gasteiger partial charge in [0.15, 0.2) is 17.3 Å². The molecule has 0 aromatic heterocycles. The summed E-state index contributed by atoms with van der Waals surface area (Å²) in [6, 6.07) is 11.5. The summed E-state index contributed by atoms with van der Waals surface area (Å²) < 4.78 is 16.9. The minimum atomic E-state index is 0.0881. The van der Waals surface area contributed by atoms with Crippen LogP contribution < -0.4 is 14.2 Å². The number of hydrogen-bond donors (Lipinski definition) is 0. The number of methoxy groups -OCH3 is 1. The molecule has 1 aliphatic carbocycles. The molecule has 148 valence electrons. The second kappa shape index (κ2) is 9.45. The first kappa shape index (κ1) is 20.0. The normalized spacial score (nSPS) is 14.7. The monoisotopic (exact) mass is 380 g/mol. The number of rotatable bonds is 8. The molecule has 0 heterocycles. The fourth-order valence-electron chi connectivity index (χ4n) is 3.35. The number of ketones is 1. The minimum Gasteiger partial charge on any atom is -0.497 e. The number of carbonyl (C=O) groups is 1. The largest absolute Gasteiger partial charge is 0.497 e. The molecule has 0 aliphatic heterocycles. The zero-order chi connectivity index (χ0) is 19.9. The standard InChI is InChI=1S/C24H28O4/c1-4-6-13-28-22-12-7-17(15-23(22)27-5-2)14-19-9-8-18-16-20(26-3)10-11-21(18)24(19)25/h7,10-12,14-16H,4-6,8-9,13H2,1-3H3. The molecule has 2 aromatic carbocycles. The zero-order valence-corrected chi connectivity index (χ0v) is 16.9. The number of ether oxygens (including phenoxy) is 3. The lowest BCUT2D eigenvalue weighted by Gasteiger charge is -2.18. The van der Waals surface area contributed by atoms with Gasteiger partial charge in [0.1, 0.15) is 5.75 Å². The minimum absolute atomic E-state index is 0.0881. The van der Waals surface area contributed by atoms with Gasteiger partial charge in [0, 0.05) is 11.1 Å². The average Bonchev–Trinajstić information content (AvgIpc) is 2.71. The van der Waals surface area contributed by atoms with Crippen LogP contribution in [0.25, 0.3) is 6.08 Å². The lowest BCUT2D eigenvalue weighted by Crippen LogP contribution is -2.14. The van der Waals surface area contributed by atoms with Crippen molar-refractivity contribution in [1.29, 1.82) is 0 Å². The van der Waals surface area contributed by atoms with Crippen LogP contribution in [-0.2, 0) is 6.42 Å². The van der Waals surface area contributed by atoms with E-state index < -0.39 is 0 Å². The van der Waals surface area contributed by atoms with Crippen molar-refractivity contribution < 1.29 is 19.0 Å². The fraction of sp³-hybridized carbons (Fsp3) is 0.375. The van der Waals surface area contributed by atoms with Crippen molar-refractivity contribution in [3.05, 3.63) is 58.7 Å². The summed E-state index contributed by atoms with van der Waals surface area (Å²) in [5.41, 5.74) is 3.59. The Kier molecular flexibility index (Phi) is 6.75. The Hall–Kier alpha value is -2.75. The highest BCUT2D eigenvalue weighted by atomic mass is 16.5. The van der Waals surface area contributed by atoms with E-state index in [9.17, 15) is 4.79 Å². The van der Waals surface area contributed by atoms with E-state index in [1.807, 2.05) is 49.4 Å². The molecule has 1 aliphatic rings. The van der Waals surface area contributed by atoms with Crippen LogP contribution >= 0.6 is 0 Å². The van der Waals surface area contributed by atoms with Crippen molar-refractivity contribution in [3.63, 3.8) is 0 Å². The van der Waals surface area contributed by atoms with Gasteiger partial charge >= 0.3 is 0 Å². The third kappa shape index (κ3) is 4.56. The molecule has 4 heteroatoms. The number of fused-ring (bicyclic) bond motifs is 1.